The van der Waals surface area contributed by atoms with Crippen LogP contribution in [0.2, 0.25) is 0 Å². The fraction of sp³-hybridized carbons (Fsp3) is 0.500. The molecular weight excluding hydrogens is 166 g/mol. The lowest BCUT2D eigenvalue weighted by atomic mass is 10.1. The Morgan fingerprint density at radius 1 is 1.50 bits per heavy atom. The number of rotatable bonds is 0. The highest BCUT2D eigenvalue weighted by atomic mass is 16.7. The number of hydroxylamine groups is 1. The molecule has 0 bridgehead atoms. The van der Waals surface area contributed by atoms with E-state index in [-0.39, 0.29) is 10.0 Å². The van der Waals surface area contributed by atoms with Gasteiger partial charge in [0.25, 0.3) is 5.84 Å². The minimum absolute atomic E-state index is 0.198. The minimum Gasteiger partial charge on any atom is -0.690 e. The van der Waals surface area contributed by atoms with Gasteiger partial charge in [0.2, 0.25) is 0 Å². The topological polar surface area (TPSA) is 145 Å². The molecule has 1 aliphatic rings. The van der Waals surface area contributed by atoms with Gasteiger partial charge in [-0.1, -0.05) is 0 Å². The first-order valence-electron chi connectivity index (χ1n) is 3.10. The van der Waals surface area contributed by atoms with E-state index in [1.165, 1.54) is 0 Å². The Labute approximate surface area is 67.3 Å². The van der Waals surface area contributed by atoms with Gasteiger partial charge in [0.1, 0.15) is 12.1 Å². The maximum absolute atomic E-state index is 10.9. The van der Waals surface area contributed by atoms with Gasteiger partial charge in [-0.3, -0.25) is 10.5 Å². The highest BCUT2D eigenvalue weighted by Gasteiger charge is 2.39. The SMILES string of the molecule is NC1=[N+]([O-])N(O)C(=O)C(N)C1N. The number of amides is 1. The van der Waals surface area contributed by atoms with Crippen molar-refractivity contribution in [1.82, 2.24) is 5.17 Å². The second kappa shape index (κ2) is 2.59. The minimum atomic E-state index is -1.18. The van der Waals surface area contributed by atoms with Crippen LogP contribution in [0.15, 0.2) is 0 Å². The molecule has 7 N–H and O–H groups in total. The first-order valence-corrected chi connectivity index (χ1v) is 3.10. The fourth-order valence-corrected chi connectivity index (χ4v) is 0.797. The summed E-state index contributed by atoms with van der Waals surface area (Å²) in [6.45, 7) is 0. The first kappa shape index (κ1) is 8.71. The van der Waals surface area contributed by atoms with E-state index in [1.54, 1.807) is 0 Å². The lowest BCUT2D eigenvalue weighted by molar-refractivity contribution is -0.693. The van der Waals surface area contributed by atoms with Crippen molar-refractivity contribution >= 4 is 11.7 Å². The summed E-state index contributed by atoms with van der Waals surface area (Å²) in [5.41, 5.74) is 15.6. The van der Waals surface area contributed by atoms with Gasteiger partial charge in [-0.05, 0) is 5.17 Å². The van der Waals surface area contributed by atoms with Gasteiger partial charge >= 0.3 is 5.91 Å². The maximum Gasteiger partial charge on any atom is 0.307 e. The van der Waals surface area contributed by atoms with E-state index in [1.807, 2.05) is 0 Å². The quantitative estimate of drug-likeness (QED) is 0.172. The molecule has 12 heavy (non-hydrogen) atoms. The molecule has 1 aliphatic heterocycles. The van der Waals surface area contributed by atoms with Crippen LogP contribution in [0.1, 0.15) is 0 Å². The predicted molar refractivity (Wildman–Crippen MR) is 37.4 cm³/mol. The lowest BCUT2D eigenvalue weighted by Gasteiger charge is -2.29. The normalized spacial score (nSPS) is 31.2. The molecule has 68 valence electrons. The molecular formula is C4H9N5O3. The Balaban J connectivity index is 3.08. The summed E-state index contributed by atoms with van der Waals surface area (Å²) in [7, 11) is 0. The smallest absolute Gasteiger partial charge is 0.307 e. The molecule has 2 unspecified atom stereocenters. The van der Waals surface area contributed by atoms with Gasteiger partial charge in [-0.2, -0.15) is 0 Å². The van der Waals surface area contributed by atoms with E-state index in [4.69, 9.17) is 22.4 Å². The van der Waals surface area contributed by atoms with Crippen molar-refractivity contribution in [1.29, 1.82) is 0 Å². The van der Waals surface area contributed by atoms with E-state index < -0.39 is 23.8 Å². The summed E-state index contributed by atoms with van der Waals surface area (Å²) in [5, 5.41) is 19.3. The van der Waals surface area contributed by atoms with Crippen LogP contribution in [0.5, 0.6) is 0 Å². The summed E-state index contributed by atoms with van der Waals surface area (Å²) in [6.07, 6.45) is 0. The van der Waals surface area contributed by atoms with Crippen molar-refractivity contribution in [2.24, 2.45) is 17.2 Å². The van der Waals surface area contributed by atoms with E-state index >= 15 is 0 Å². The van der Waals surface area contributed by atoms with Crippen LogP contribution < -0.4 is 17.2 Å². The molecule has 0 aromatic heterocycles. The van der Waals surface area contributed by atoms with Crippen LogP contribution in [0.4, 0.5) is 0 Å². The Hall–Kier alpha value is -1.38. The average molecular weight is 175 g/mol. The van der Waals surface area contributed by atoms with Gasteiger partial charge in [0.15, 0.2) is 0 Å². The molecule has 2 atom stereocenters. The molecule has 0 fully saturated rings. The molecule has 0 aliphatic carbocycles. The van der Waals surface area contributed by atoms with Crippen LogP contribution in [0.25, 0.3) is 0 Å². The van der Waals surface area contributed by atoms with Crippen molar-refractivity contribution in [2.45, 2.75) is 12.1 Å². The molecule has 0 aromatic carbocycles. The Morgan fingerprint density at radius 2 is 2.00 bits per heavy atom. The number of carbonyl (C=O) groups is 1. The number of nitrogens with two attached hydrogens (primary N) is 3. The largest absolute Gasteiger partial charge is 0.690 e. The van der Waals surface area contributed by atoms with Crippen molar-refractivity contribution in [2.75, 3.05) is 0 Å². The molecule has 8 nitrogen and oxygen atoms in total. The zero-order valence-electron chi connectivity index (χ0n) is 6.04. The van der Waals surface area contributed by atoms with Crippen LogP contribution in [0.3, 0.4) is 0 Å². The second-order valence-corrected chi connectivity index (χ2v) is 2.38. The van der Waals surface area contributed by atoms with Crippen LogP contribution in [0, 0.1) is 5.21 Å². The monoisotopic (exact) mass is 175 g/mol. The molecule has 1 amide bonds. The number of carbonyl (C=O) groups excluding carboxylic acids is 1. The van der Waals surface area contributed by atoms with Gasteiger partial charge in [0, 0.05) is 0 Å². The summed E-state index contributed by atoms with van der Waals surface area (Å²) in [6, 6.07) is -2.24. The van der Waals surface area contributed by atoms with Crippen LogP contribution in [-0.4, -0.2) is 39.1 Å². The number of hydrogen-bond donors (Lipinski definition) is 4. The highest BCUT2D eigenvalue weighted by molar-refractivity contribution is 5.93. The Morgan fingerprint density at radius 3 is 2.50 bits per heavy atom. The van der Waals surface area contributed by atoms with Crippen LogP contribution in [-0.2, 0) is 4.79 Å². The molecule has 1 heterocycles. The summed E-state index contributed by atoms with van der Waals surface area (Å²) in [5.74, 6) is -1.38. The summed E-state index contributed by atoms with van der Waals surface area (Å²) < 4.78 is 0. The zero-order valence-corrected chi connectivity index (χ0v) is 6.04. The summed E-state index contributed by atoms with van der Waals surface area (Å²) in [4.78, 5) is 10.7. The fourth-order valence-electron chi connectivity index (χ4n) is 0.797. The van der Waals surface area contributed by atoms with E-state index in [0.717, 1.165) is 0 Å². The van der Waals surface area contributed by atoms with Crippen molar-refractivity contribution in [3.63, 3.8) is 0 Å². The molecule has 0 saturated carbocycles. The van der Waals surface area contributed by atoms with Crippen molar-refractivity contribution in [3.8, 4) is 0 Å². The Kier molecular flexibility index (Phi) is 1.88. The molecule has 0 spiro atoms. The number of hydrazine groups is 1. The third kappa shape index (κ3) is 0.978. The number of amidine groups is 1. The number of hydrogen-bond acceptors (Lipinski definition) is 6. The number of nitrogens with zero attached hydrogens (tertiary/aromatic N) is 2. The third-order valence-corrected chi connectivity index (χ3v) is 1.60. The van der Waals surface area contributed by atoms with E-state index in [9.17, 15) is 10.0 Å². The molecule has 1 rings (SSSR count). The zero-order chi connectivity index (χ0) is 9.46. The molecule has 0 radical (unpaired) electrons. The third-order valence-electron chi connectivity index (χ3n) is 1.60. The summed E-state index contributed by atoms with van der Waals surface area (Å²) >= 11 is 0. The highest BCUT2D eigenvalue weighted by Crippen LogP contribution is 2.01. The molecule has 8 heteroatoms. The van der Waals surface area contributed by atoms with Gasteiger partial charge < -0.3 is 16.7 Å². The predicted octanol–water partition coefficient (Wildman–Crippen LogP) is -3.35. The van der Waals surface area contributed by atoms with E-state index in [0.29, 0.717) is 0 Å². The van der Waals surface area contributed by atoms with Gasteiger partial charge in [-0.15, -0.1) is 4.85 Å². The van der Waals surface area contributed by atoms with Gasteiger partial charge in [-0.25, -0.2) is 5.21 Å². The van der Waals surface area contributed by atoms with Crippen molar-refractivity contribution < 1.29 is 14.8 Å². The second-order valence-electron chi connectivity index (χ2n) is 2.38. The average Bonchev–Trinajstić information content (AvgIpc) is 2.08. The number of hydrazone groups is 1. The van der Waals surface area contributed by atoms with Crippen molar-refractivity contribution in [3.05, 3.63) is 5.21 Å². The lowest BCUT2D eigenvalue weighted by Crippen LogP contribution is -2.66. The van der Waals surface area contributed by atoms with Gasteiger partial charge in [0.05, 0.1) is 0 Å². The standard InChI is InChI=1S/C4H9N5O3/c5-1-2(6)4(10)9(12)8(11)3(1)7/h1-2,12H,5-7H2. The molecule has 0 saturated heterocycles. The molecule has 0 aromatic rings. The van der Waals surface area contributed by atoms with Crippen LogP contribution >= 0.6 is 0 Å². The Bertz CT molecular complexity index is 251. The first-order chi connectivity index (χ1) is 5.46. The van der Waals surface area contributed by atoms with E-state index in [2.05, 4.69) is 0 Å². The maximum atomic E-state index is 10.9.